The van der Waals surface area contributed by atoms with Crippen molar-refractivity contribution in [2.24, 2.45) is 10.7 Å². The lowest BCUT2D eigenvalue weighted by atomic mass is 10.2. The minimum Gasteiger partial charge on any atom is -0.365 e. The van der Waals surface area contributed by atoms with Gasteiger partial charge in [-0.3, -0.25) is 20.0 Å². The molecule has 1 aromatic heterocycles. The number of H-pyrrole nitrogens is 1. The first-order chi connectivity index (χ1) is 12.9. The predicted octanol–water partition coefficient (Wildman–Crippen LogP) is 3.56. The van der Waals surface area contributed by atoms with Crippen LogP contribution in [0.2, 0.25) is 5.02 Å². The number of hydrogen-bond donors (Lipinski definition) is 3. The predicted molar refractivity (Wildman–Crippen MR) is 102 cm³/mol. The van der Waals surface area contributed by atoms with Crippen LogP contribution in [0.4, 0.5) is 23.0 Å². The van der Waals surface area contributed by atoms with Crippen LogP contribution in [0.25, 0.3) is 0 Å². The molecule has 0 bridgehead atoms. The lowest BCUT2D eigenvalue weighted by molar-refractivity contribution is -0.384. The maximum absolute atomic E-state index is 11.8. The molecule has 10 heteroatoms. The average Bonchev–Trinajstić information content (AvgIpc) is 3.03. The number of amides is 1. The first kappa shape index (κ1) is 18.1. The number of anilines is 2. The molecule has 0 aliphatic rings. The Morgan fingerprint density at radius 3 is 2.67 bits per heavy atom. The third-order valence-corrected chi connectivity index (χ3v) is 3.76. The van der Waals surface area contributed by atoms with Crippen molar-refractivity contribution >= 4 is 46.7 Å². The molecule has 0 spiro atoms. The van der Waals surface area contributed by atoms with Crippen molar-refractivity contribution in [1.82, 2.24) is 10.2 Å². The maximum atomic E-state index is 11.8. The number of non-ortho nitro benzene ring substituents is 1. The number of aliphatic imine (C=N–C) groups is 1. The van der Waals surface area contributed by atoms with Crippen LogP contribution in [0.3, 0.4) is 0 Å². The number of nitro groups is 1. The fraction of sp³-hybridized carbons (Fsp3) is 0. The van der Waals surface area contributed by atoms with Gasteiger partial charge in [-0.15, -0.1) is 0 Å². The second-order valence-electron chi connectivity index (χ2n) is 5.40. The Labute approximate surface area is 158 Å². The molecule has 3 rings (SSSR count). The molecule has 0 unspecified atom stereocenters. The number of nitrogens with two attached hydrogens (primary N) is 1. The van der Waals surface area contributed by atoms with Crippen LogP contribution in [0.15, 0.2) is 53.5 Å². The van der Waals surface area contributed by atoms with Gasteiger partial charge >= 0.3 is 0 Å². The van der Waals surface area contributed by atoms with Crippen molar-refractivity contribution in [3.8, 4) is 0 Å². The van der Waals surface area contributed by atoms with Crippen LogP contribution in [0.5, 0.6) is 0 Å². The third kappa shape index (κ3) is 4.28. The van der Waals surface area contributed by atoms with Gasteiger partial charge in [0.25, 0.3) is 11.6 Å². The Kier molecular flexibility index (Phi) is 5.13. The van der Waals surface area contributed by atoms with Gasteiger partial charge in [-0.2, -0.15) is 5.10 Å². The lowest BCUT2D eigenvalue weighted by Crippen LogP contribution is -2.12. The van der Waals surface area contributed by atoms with Gasteiger partial charge in [-0.25, -0.2) is 4.99 Å². The summed E-state index contributed by atoms with van der Waals surface area (Å²) in [4.78, 5) is 26.2. The largest absolute Gasteiger partial charge is 0.365 e. The highest BCUT2D eigenvalue weighted by atomic mass is 35.5. The number of primary amides is 1. The van der Waals surface area contributed by atoms with E-state index < -0.39 is 10.8 Å². The number of benzene rings is 2. The smallest absolute Gasteiger partial charge is 0.269 e. The molecule has 0 saturated heterocycles. The van der Waals surface area contributed by atoms with E-state index in [1.807, 2.05) is 0 Å². The molecule has 0 radical (unpaired) electrons. The summed E-state index contributed by atoms with van der Waals surface area (Å²) in [5, 5.41) is 20.8. The van der Waals surface area contributed by atoms with Crippen molar-refractivity contribution in [3.05, 3.63) is 74.8 Å². The molecule has 0 saturated carbocycles. The van der Waals surface area contributed by atoms with Gasteiger partial charge in [0, 0.05) is 29.1 Å². The number of carbonyl (C=O) groups is 1. The van der Waals surface area contributed by atoms with E-state index in [1.54, 1.807) is 24.3 Å². The van der Waals surface area contributed by atoms with E-state index >= 15 is 0 Å². The summed E-state index contributed by atoms with van der Waals surface area (Å²) >= 11 is 5.94. The van der Waals surface area contributed by atoms with Gasteiger partial charge in [0.05, 0.1) is 4.92 Å². The van der Waals surface area contributed by atoms with Gasteiger partial charge in [-0.05, 0) is 35.9 Å². The number of aromatic nitrogens is 2. The Morgan fingerprint density at radius 1 is 1.30 bits per heavy atom. The Balaban J connectivity index is 1.86. The Bertz CT molecular complexity index is 1030. The number of nitrogens with zero attached hydrogens (tertiary/aromatic N) is 3. The minimum absolute atomic E-state index is 0.0282. The van der Waals surface area contributed by atoms with Gasteiger partial charge in [-0.1, -0.05) is 17.7 Å². The van der Waals surface area contributed by atoms with Crippen LogP contribution in [0, 0.1) is 10.1 Å². The Morgan fingerprint density at radius 2 is 2.04 bits per heavy atom. The normalized spacial score (nSPS) is 10.9. The number of carbonyl (C=O) groups excluding carboxylic acids is 1. The highest BCUT2D eigenvalue weighted by molar-refractivity contribution is 6.30. The third-order valence-electron chi connectivity index (χ3n) is 3.53. The molecule has 0 aliphatic carbocycles. The zero-order valence-corrected chi connectivity index (χ0v) is 14.5. The molecule has 0 atom stereocenters. The van der Waals surface area contributed by atoms with Crippen LogP contribution in [0.1, 0.15) is 15.9 Å². The van der Waals surface area contributed by atoms with E-state index in [1.165, 1.54) is 30.5 Å². The zero-order chi connectivity index (χ0) is 19.4. The summed E-state index contributed by atoms with van der Waals surface area (Å²) in [7, 11) is 0. The molecular weight excluding hydrogens is 372 g/mol. The molecule has 0 aliphatic heterocycles. The zero-order valence-electron chi connectivity index (χ0n) is 13.7. The standard InChI is InChI=1S/C17H13ClN6O3/c18-11-2-1-3-12(8-11)21-17-14(15(19)25)16(22-23-17)20-9-10-4-6-13(7-5-10)24(26)27/h1-9H,(H2,19,25)(H2,21,22,23)/b20-9+. The molecular formula is C17H13ClN6O3. The molecule has 136 valence electrons. The molecule has 27 heavy (non-hydrogen) atoms. The van der Waals surface area contributed by atoms with E-state index in [0.717, 1.165) is 0 Å². The van der Waals surface area contributed by atoms with Gasteiger partial charge < -0.3 is 11.1 Å². The fourth-order valence-corrected chi connectivity index (χ4v) is 2.46. The van der Waals surface area contributed by atoms with Crippen molar-refractivity contribution in [2.45, 2.75) is 0 Å². The van der Waals surface area contributed by atoms with Crippen LogP contribution in [-0.2, 0) is 0 Å². The number of rotatable bonds is 6. The van der Waals surface area contributed by atoms with Crippen LogP contribution in [-0.4, -0.2) is 27.2 Å². The second kappa shape index (κ2) is 7.67. The molecule has 9 nitrogen and oxygen atoms in total. The van der Waals surface area contributed by atoms with E-state index in [0.29, 0.717) is 16.3 Å². The van der Waals surface area contributed by atoms with Gasteiger partial charge in [0.2, 0.25) is 0 Å². The van der Waals surface area contributed by atoms with Crippen molar-refractivity contribution in [3.63, 3.8) is 0 Å². The summed E-state index contributed by atoms with van der Waals surface area (Å²) < 4.78 is 0. The topological polar surface area (TPSA) is 139 Å². The molecule has 1 heterocycles. The van der Waals surface area contributed by atoms with Crippen LogP contribution < -0.4 is 11.1 Å². The molecule has 4 N–H and O–H groups in total. The van der Waals surface area contributed by atoms with Crippen LogP contribution >= 0.6 is 11.6 Å². The van der Waals surface area contributed by atoms with Gasteiger partial charge in [0.15, 0.2) is 11.6 Å². The number of halogens is 1. The number of nitro benzene ring substituents is 1. The molecule has 1 amide bonds. The van der Waals surface area contributed by atoms with Gasteiger partial charge in [0.1, 0.15) is 5.56 Å². The summed E-state index contributed by atoms with van der Waals surface area (Å²) in [5.41, 5.74) is 6.73. The SMILES string of the molecule is NC(=O)c1c(Nc2cccc(Cl)c2)n[nH]c1/N=C/c1ccc([N+](=O)[O-])cc1. The summed E-state index contributed by atoms with van der Waals surface area (Å²) in [5.74, 6) is -0.352. The monoisotopic (exact) mass is 384 g/mol. The van der Waals surface area contributed by atoms with E-state index in [-0.39, 0.29) is 22.9 Å². The quantitative estimate of drug-likeness (QED) is 0.338. The van der Waals surface area contributed by atoms with E-state index in [9.17, 15) is 14.9 Å². The summed E-state index contributed by atoms with van der Waals surface area (Å²) in [6, 6.07) is 12.7. The highest BCUT2D eigenvalue weighted by Crippen LogP contribution is 2.27. The maximum Gasteiger partial charge on any atom is 0.269 e. The average molecular weight is 385 g/mol. The summed E-state index contributed by atoms with van der Waals surface area (Å²) in [6.07, 6.45) is 1.44. The van der Waals surface area contributed by atoms with E-state index in [2.05, 4.69) is 20.5 Å². The molecule has 0 fully saturated rings. The number of hydrogen-bond acceptors (Lipinski definition) is 6. The fourth-order valence-electron chi connectivity index (χ4n) is 2.27. The van der Waals surface area contributed by atoms with Crippen molar-refractivity contribution in [1.29, 1.82) is 0 Å². The number of nitrogens with one attached hydrogen (secondary N) is 2. The van der Waals surface area contributed by atoms with Crippen molar-refractivity contribution < 1.29 is 9.72 Å². The molecule has 2 aromatic carbocycles. The first-order valence-corrected chi connectivity index (χ1v) is 8.01. The highest BCUT2D eigenvalue weighted by Gasteiger charge is 2.18. The number of aromatic amines is 1. The Hall–Kier alpha value is -3.72. The lowest BCUT2D eigenvalue weighted by Gasteiger charge is -2.04. The van der Waals surface area contributed by atoms with E-state index in [4.69, 9.17) is 17.3 Å². The first-order valence-electron chi connectivity index (χ1n) is 7.63. The summed E-state index contributed by atoms with van der Waals surface area (Å²) in [6.45, 7) is 0. The second-order valence-corrected chi connectivity index (χ2v) is 5.84. The minimum atomic E-state index is -0.718. The molecule has 3 aromatic rings. The van der Waals surface area contributed by atoms with Crippen molar-refractivity contribution in [2.75, 3.05) is 5.32 Å².